The Bertz CT molecular complexity index is 952. The van der Waals surface area contributed by atoms with Crippen LogP contribution in [0.5, 0.6) is 0 Å². The highest BCUT2D eigenvalue weighted by Crippen LogP contribution is 2.31. The largest absolute Gasteiger partial charge is 0.396 e. The van der Waals surface area contributed by atoms with Gasteiger partial charge in [0.25, 0.3) is 0 Å². The number of nitrogens with one attached hydrogen (secondary N) is 1. The average molecular weight is 398 g/mol. The highest BCUT2D eigenvalue weighted by atomic mass is 32.1. The molecule has 1 fully saturated rings. The van der Waals surface area contributed by atoms with Crippen molar-refractivity contribution in [1.29, 1.82) is 0 Å². The average Bonchev–Trinajstić information content (AvgIpc) is 3.11. The van der Waals surface area contributed by atoms with E-state index in [2.05, 4.69) is 47.5 Å². The molecule has 4 nitrogen and oxygen atoms in total. The molecule has 1 unspecified atom stereocenters. The summed E-state index contributed by atoms with van der Waals surface area (Å²) in [5.41, 5.74) is 4.40. The third kappa shape index (κ3) is 4.13. The standard InChI is InChI=1S/C21H23N3OS2/c1-14-4-9-18-19(11-14)27-20(23-18)16-5-7-17(8-6-16)22-21(26)24-10-2-3-15(12-24)13-25/h4-9,11,15,25H,2-3,10,12-13H2,1H3,(H,22,26). The smallest absolute Gasteiger partial charge is 0.173 e. The van der Waals surface area contributed by atoms with Crippen molar-refractivity contribution >= 4 is 44.6 Å². The zero-order chi connectivity index (χ0) is 18.8. The topological polar surface area (TPSA) is 48.4 Å². The molecule has 3 aromatic rings. The summed E-state index contributed by atoms with van der Waals surface area (Å²) in [6.45, 7) is 4.11. The van der Waals surface area contributed by atoms with Crippen molar-refractivity contribution in [3.8, 4) is 10.6 Å². The van der Waals surface area contributed by atoms with Crippen LogP contribution in [0, 0.1) is 12.8 Å². The zero-order valence-electron chi connectivity index (χ0n) is 15.3. The van der Waals surface area contributed by atoms with Gasteiger partial charge in [0.2, 0.25) is 0 Å². The summed E-state index contributed by atoms with van der Waals surface area (Å²) >= 11 is 7.28. The maximum atomic E-state index is 9.39. The molecule has 0 radical (unpaired) electrons. The van der Waals surface area contributed by atoms with Crippen molar-refractivity contribution in [3.63, 3.8) is 0 Å². The fraction of sp³-hybridized carbons (Fsp3) is 0.333. The predicted molar refractivity (Wildman–Crippen MR) is 117 cm³/mol. The van der Waals surface area contributed by atoms with Crippen LogP contribution >= 0.6 is 23.6 Å². The molecule has 1 saturated heterocycles. The van der Waals surface area contributed by atoms with E-state index in [1.165, 1.54) is 10.3 Å². The Kier molecular flexibility index (Phi) is 5.38. The number of benzene rings is 2. The Morgan fingerprint density at radius 1 is 1.30 bits per heavy atom. The fourth-order valence-electron chi connectivity index (χ4n) is 3.45. The number of likely N-dealkylation sites (tertiary alicyclic amines) is 1. The number of thiazole rings is 1. The van der Waals surface area contributed by atoms with Gasteiger partial charge in [0.1, 0.15) is 5.01 Å². The lowest BCUT2D eigenvalue weighted by Crippen LogP contribution is -2.43. The number of fused-ring (bicyclic) bond motifs is 1. The highest BCUT2D eigenvalue weighted by Gasteiger charge is 2.21. The summed E-state index contributed by atoms with van der Waals surface area (Å²) < 4.78 is 1.22. The maximum Gasteiger partial charge on any atom is 0.173 e. The van der Waals surface area contributed by atoms with Gasteiger partial charge in [-0.15, -0.1) is 11.3 Å². The molecule has 27 heavy (non-hydrogen) atoms. The van der Waals surface area contributed by atoms with E-state index >= 15 is 0 Å². The van der Waals surface area contributed by atoms with Crippen molar-refractivity contribution < 1.29 is 5.11 Å². The van der Waals surface area contributed by atoms with Crippen LogP contribution in [0.1, 0.15) is 18.4 Å². The Hall–Kier alpha value is -2.02. The Balaban J connectivity index is 1.46. The number of anilines is 1. The van der Waals surface area contributed by atoms with Gasteiger partial charge in [0.15, 0.2) is 5.11 Å². The second-order valence-electron chi connectivity index (χ2n) is 7.13. The van der Waals surface area contributed by atoms with Crippen molar-refractivity contribution in [3.05, 3.63) is 48.0 Å². The molecular weight excluding hydrogens is 374 g/mol. The molecule has 0 aliphatic carbocycles. The lowest BCUT2D eigenvalue weighted by Gasteiger charge is -2.33. The molecule has 1 atom stereocenters. The normalized spacial score (nSPS) is 17.3. The van der Waals surface area contributed by atoms with E-state index in [1.807, 2.05) is 12.1 Å². The van der Waals surface area contributed by atoms with E-state index < -0.39 is 0 Å². The highest BCUT2D eigenvalue weighted by molar-refractivity contribution is 7.80. The van der Waals surface area contributed by atoms with Crippen molar-refractivity contribution in [1.82, 2.24) is 9.88 Å². The Morgan fingerprint density at radius 2 is 2.11 bits per heavy atom. The van der Waals surface area contributed by atoms with Crippen molar-refractivity contribution in [2.24, 2.45) is 5.92 Å². The monoisotopic (exact) mass is 397 g/mol. The maximum absolute atomic E-state index is 9.39. The first-order valence-electron chi connectivity index (χ1n) is 9.27. The van der Waals surface area contributed by atoms with Gasteiger partial charge in [-0.3, -0.25) is 0 Å². The molecule has 0 bridgehead atoms. The van der Waals surface area contributed by atoms with E-state index in [-0.39, 0.29) is 6.61 Å². The lowest BCUT2D eigenvalue weighted by atomic mass is 9.99. The van der Waals surface area contributed by atoms with E-state index in [0.29, 0.717) is 5.92 Å². The van der Waals surface area contributed by atoms with Gasteiger partial charge in [0, 0.05) is 30.9 Å². The van der Waals surface area contributed by atoms with Crippen LogP contribution in [0.15, 0.2) is 42.5 Å². The summed E-state index contributed by atoms with van der Waals surface area (Å²) in [4.78, 5) is 6.90. The van der Waals surface area contributed by atoms with Gasteiger partial charge in [-0.1, -0.05) is 6.07 Å². The number of aryl methyl sites for hydroxylation is 1. The summed E-state index contributed by atoms with van der Waals surface area (Å²) in [6.07, 6.45) is 2.15. The van der Waals surface area contributed by atoms with Gasteiger partial charge in [-0.05, 0) is 79.9 Å². The molecule has 4 rings (SSSR count). The summed E-state index contributed by atoms with van der Waals surface area (Å²) in [6, 6.07) is 14.6. The summed E-state index contributed by atoms with van der Waals surface area (Å²) in [5.74, 6) is 0.323. The summed E-state index contributed by atoms with van der Waals surface area (Å²) in [7, 11) is 0. The molecular formula is C21H23N3OS2. The number of rotatable bonds is 3. The van der Waals surface area contributed by atoms with Crippen LogP contribution in [0.4, 0.5) is 5.69 Å². The second kappa shape index (κ2) is 7.92. The third-order valence-electron chi connectivity index (χ3n) is 4.99. The molecule has 1 aliphatic heterocycles. The van der Waals surface area contributed by atoms with Crippen LogP contribution in [-0.2, 0) is 0 Å². The van der Waals surface area contributed by atoms with Gasteiger partial charge in [-0.25, -0.2) is 4.98 Å². The van der Waals surface area contributed by atoms with Gasteiger partial charge in [-0.2, -0.15) is 0 Å². The quantitative estimate of drug-likeness (QED) is 0.629. The number of piperidine rings is 1. The number of nitrogens with zero attached hydrogens (tertiary/aromatic N) is 2. The molecule has 1 aliphatic rings. The van der Waals surface area contributed by atoms with Crippen molar-refractivity contribution in [2.75, 3.05) is 25.0 Å². The van der Waals surface area contributed by atoms with E-state index in [1.54, 1.807) is 11.3 Å². The first-order chi connectivity index (χ1) is 13.1. The fourth-order valence-corrected chi connectivity index (χ4v) is 4.81. The number of aliphatic hydroxyl groups is 1. The molecule has 0 saturated carbocycles. The van der Waals surface area contributed by atoms with Gasteiger partial charge in [0.05, 0.1) is 10.2 Å². The minimum absolute atomic E-state index is 0.232. The SMILES string of the molecule is Cc1ccc2nc(-c3ccc(NC(=S)N4CCCC(CO)C4)cc3)sc2c1. The number of hydrogen-bond donors (Lipinski definition) is 2. The minimum atomic E-state index is 0.232. The molecule has 140 valence electrons. The van der Waals surface area contributed by atoms with Crippen LogP contribution in [0.3, 0.4) is 0 Å². The first-order valence-corrected chi connectivity index (χ1v) is 10.5. The lowest BCUT2D eigenvalue weighted by molar-refractivity contribution is 0.162. The second-order valence-corrected chi connectivity index (χ2v) is 8.55. The minimum Gasteiger partial charge on any atom is -0.396 e. The van der Waals surface area contributed by atoms with Gasteiger partial charge < -0.3 is 15.3 Å². The van der Waals surface area contributed by atoms with Crippen LogP contribution in [0.2, 0.25) is 0 Å². The number of hydrogen-bond acceptors (Lipinski definition) is 4. The molecule has 0 amide bonds. The molecule has 0 spiro atoms. The first kappa shape index (κ1) is 18.3. The van der Waals surface area contributed by atoms with Crippen LogP contribution in [-0.4, -0.2) is 39.8 Å². The van der Waals surface area contributed by atoms with Crippen LogP contribution < -0.4 is 5.32 Å². The molecule has 2 N–H and O–H groups in total. The Morgan fingerprint density at radius 3 is 2.89 bits per heavy atom. The molecule has 6 heteroatoms. The molecule has 2 aromatic carbocycles. The van der Waals surface area contributed by atoms with Crippen molar-refractivity contribution in [2.45, 2.75) is 19.8 Å². The Labute approximate surface area is 168 Å². The third-order valence-corrected chi connectivity index (χ3v) is 6.42. The predicted octanol–water partition coefficient (Wildman–Crippen LogP) is 4.67. The number of aliphatic hydroxyl groups excluding tert-OH is 1. The van der Waals surface area contributed by atoms with Gasteiger partial charge >= 0.3 is 0 Å². The molecule has 1 aromatic heterocycles. The number of aromatic nitrogens is 1. The molecule has 2 heterocycles. The van der Waals surface area contributed by atoms with Crippen LogP contribution in [0.25, 0.3) is 20.8 Å². The van der Waals surface area contributed by atoms with E-state index in [0.717, 1.165) is 52.8 Å². The van der Waals surface area contributed by atoms with E-state index in [9.17, 15) is 5.11 Å². The number of thiocarbonyl (C=S) groups is 1. The van der Waals surface area contributed by atoms with E-state index in [4.69, 9.17) is 17.2 Å². The zero-order valence-corrected chi connectivity index (χ0v) is 16.9. The summed E-state index contributed by atoms with van der Waals surface area (Å²) in [5, 5.41) is 14.5.